The number of hydrogen-bond acceptors (Lipinski definition) is 3. The van der Waals surface area contributed by atoms with Gasteiger partial charge >= 0.3 is 0 Å². The first kappa shape index (κ1) is 16.8. The molecule has 1 heterocycles. The largest absolute Gasteiger partial charge is 0.483 e. The van der Waals surface area contributed by atoms with Crippen molar-refractivity contribution in [3.63, 3.8) is 0 Å². The molecule has 2 rings (SSSR count). The minimum absolute atomic E-state index is 0.00244. The zero-order valence-electron chi connectivity index (χ0n) is 14.1. The summed E-state index contributed by atoms with van der Waals surface area (Å²) in [5.41, 5.74) is 1.12. The van der Waals surface area contributed by atoms with Crippen LogP contribution in [0.4, 0.5) is 0 Å². The van der Waals surface area contributed by atoms with E-state index in [2.05, 4.69) is 44.4 Å². The van der Waals surface area contributed by atoms with E-state index in [1.807, 2.05) is 18.2 Å². The fourth-order valence-electron chi connectivity index (χ4n) is 2.89. The van der Waals surface area contributed by atoms with Crippen LogP contribution in [0.15, 0.2) is 24.3 Å². The molecule has 0 bridgehead atoms. The molecular weight excluding hydrogens is 276 g/mol. The number of piperidine rings is 1. The maximum Gasteiger partial charge on any atom is 0.258 e. The molecule has 0 aliphatic carbocycles. The van der Waals surface area contributed by atoms with Gasteiger partial charge in [-0.25, -0.2) is 0 Å². The van der Waals surface area contributed by atoms with Crippen molar-refractivity contribution in [2.24, 2.45) is 0 Å². The average Bonchev–Trinajstić information content (AvgIpc) is 2.44. The molecule has 1 aliphatic rings. The maximum atomic E-state index is 12.1. The highest BCUT2D eigenvalue weighted by molar-refractivity contribution is 5.77. The standard InChI is InChI=1S/C18H28N2O2/c1-13-11-14(9-10-19-13)20-17(21)12-22-16-8-6-5-7-15(16)18(2,3)4/h5-8,13-14,19H,9-12H2,1-4H3,(H,20,21). The number of ether oxygens (including phenoxy) is 1. The Labute approximate surface area is 133 Å². The Hall–Kier alpha value is -1.55. The van der Waals surface area contributed by atoms with Gasteiger partial charge in [0.05, 0.1) is 0 Å². The van der Waals surface area contributed by atoms with Gasteiger partial charge in [0.2, 0.25) is 0 Å². The lowest BCUT2D eigenvalue weighted by Crippen LogP contribution is -2.47. The van der Waals surface area contributed by atoms with Crippen LogP contribution in [0.5, 0.6) is 5.75 Å². The van der Waals surface area contributed by atoms with Gasteiger partial charge in [-0.3, -0.25) is 4.79 Å². The van der Waals surface area contributed by atoms with Crippen LogP contribution < -0.4 is 15.4 Å². The Morgan fingerprint density at radius 3 is 2.77 bits per heavy atom. The molecule has 0 radical (unpaired) electrons. The van der Waals surface area contributed by atoms with E-state index < -0.39 is 0 Å². The molecule has 1 aromatic carbocycles. The molecule has 1 aromatic rings. The first-order chi connectivity index (χ1) is 10.4. The predicted octanol–water partition coefficient (Wildman–Crippen LogP) is 2.62. The summed E-state index contributed by atoms with van der Waals surface area (Å²) in [4.78, 5) is 12.1. The summed E-state index contributed by atoms with van der Waals surface area (Å²) < 4.78 is 5.77. The van der Waals surface area contributed by atoms with Gasteiger partial charge in [0.25, 0.3) is 5.91 Å². The van der Waals surface area contributed by atoms with Gasteiger partial charge in [-0.2, -0.15) is 0 Å². The monoisotopic (exact) mass is 304 g/mol. The van der Waals surface area contributed by atoms with Crippen molar-refractivity contribution in [3.8, 4) is 5.75 Å². The van der Waals surface area contributed by atoms with E-state index in [1.165, 1.54) is 0 Å². The highest BCUT2D eigenvalue weighted by Gasteiger charge is 2.21. The number of hydrogen-bond donors (Lipinski definition) is 2. The topological polar surface area (TPSA) is 50.4 Å². The Morgan fingerprint density at radius 2 is 2.09 bits per heavy atom. The van der Waals surface area contributed by atoms with Crippen LogP contribution >= 0.6 is 0 Å². The van der Waals surface area contributed by atoms with Crippen molar-refractivity contribution in [2.75, 3.05) is 13.2 Å². The zero-order chi connectivity index (χ0) is 16.2. The minimum Gasteiger partial charge on any atom is -0.483 e. The molecule has 0 aromatic heterocycles. The van der Waals surface area contributed by atoms with E-state index in [4.69, 9.17) is 4.74 Å². The van der Waals surface area contributed by atoms with E-state index in [-0.39, 0.29) is 24.0 Å². The lowest BCUT2D eigenvalue weighted by Gasteiger charge is -2.28. The van der Waals surface area contributed by atoms with Crippen LogP contribution in [-0.4, -0.2) is 31.1 Å². The van der Waals surface area contributed by atoms with E-state index >= 15 is 0 Å². The average molecular weight is 304 g/mol. The van der Waals surface area contributed by atoms with Gasteiger partial charge in [0.1, 0.15) is 5.75 Å². The van der Waals surface area contributed by atoms with Crippen LogP contribution in [0.2, 0.25) is 0 Å². The lowest BCUT2D eigenvalue weighted by molar-refractivity contribution is -0.124. The summed E-state index contributed by atoms with van der Waals surface area (Å²) in [5.74, 6) is 0.756. The molecule has 1 aliphatic heterocycles. The number of nitrogens with one attached hydrogen (secondary N) is 2. The Bertz CT molecular complexity index is 508. The molecule has 0 spiro atoms. The fourth-order valence-corrected chi connectivity index (χ4v) is 2.89. The van der Waals surface area contributed by atoms with Crippen molar-refractivity contribution >= 4 is 5.91 Å². The minimum atomic E-state index is -0.0391. The van der Waals surface area contributed by atoms with Crippen LogP contribution in [0, 0.1) is 0 Å². The molecule has 2 atom stereocenters. The molecule has 2 N–H and O–H groups in total. The number of benzene rings is 1. The van der Waals surface area contributed by atoms with Gasteiger partial charge in [0, 0.05) is 12.1 Å². The van der Waals surface area contributed by atoms with Crippen molar-refractivity contribution in [1.82, 2.24) is 10.6 Å². The van der Waals surface area contributed by atoms with Crippen molar-refractivity contribution < 1.29 is 9.53 Å². The molecule has 1 saturated heterocycles. The van der Waals surface area contributed by atoms with Gasteiger partial charge in [-0.15, -0.1) is 0 Å². The highest BCUT2D eigenvalue weighted by atomic mass is 16.5. The van der Waals surface area contributed by atoms with Gasteiger partial charge in [-0.05, 0) is 43.4 Å². The first-order valence-corrected chi connectivity index (χ1v) is 8.11. The molecular formula is C18H28N2O2. The van der Waals surface area contributed by atoms with Crippen molar-refractivity contribution in [2.45, 2.75) is 58.0 Å². The van der Waals surface area contributed by atoms with E-state index in [0.29, 0.717) is 6.04 Å². The lowest BCUT2D eigenvalue weighted by atomic mass is 9.86. The summed E-state index contributed by atoms with van der Waals surface area (Å²) in [7, 11) is 0. The number of carbonyl (C=O) groups excluding carboxylic acids is 1. The van der Waals surface area contributed by atoms with Crippen LogP contribution in [0.3, 0.4) is 0 Å². The molecule has 22 heavy (non-hydrogen) atoms. The molecule has 122 valence electrons. The summed E-state index contributed by atoms with van der Waals surface area (Å²) in [6.07, 6.45) is 1.96. The molecule has 4 heteroatoms. The summed E-state index contributed by atoms with van der Waals surface area (Å²) in [5, 5.41) is 6.46. The number of carbonyl (C=O) groups is 1. The number of rotatable bonds is 4. The summed E-state index contributed by atoms with van der Waals surface area (Å²) >= 11 is 0. The predicted molar refractivity (Wildman–Crippen MR) is 89.3 cm³/mol. The van der Waals surface area contributed by atoms with Gasteiger partial charge < -0.3 is 15.4 Å². The number of amides is 1. The third kappa shape index (κ3) is 4.73. The van der Waals surface area contributed by atoms with Crippen LogP contribution in [0.1, 0.15) is 46.1 Å². The SMILES string of the molecule is CC1CC(NC(=O)COc2ccccc2C(C)(C)C)CCN1. The Balaban J connectivity index is 1.89. The third-order valence-electron chi connectivity index (χ3n) is 4.04. The Kier molecular flexibility index (Phi) is 5.46. The van der Waals surface area contributed by atoms with Crippen molar-refractivity contribution in [3.05, 3.63) is 29.8 Å². The first-order valence-electron chi connectivity index (χ1n) is 8.11. The second kappa shape index (κ2) is 7.14. The quantitative estimate of drug-likeness (QED) is 0.899. The highest BCUT2D eigenvalue weighted by Crippen LogP contribution is 2.30. The fraction of sp³-hybridized carbons (Fsp3) is 0.611. The second-order valence-corrected chi connectivity index (χ2v) is 7.18. The van der Waals surface area contributed by atoms with E-state index in [9.17, 15) is 4.79 Å². The van der Waals surface area contributed by atoms with E-state index in [0.717, 1.165) is 30.7 Å². The summed E-state index contributed by atoms with van der Waals surface area (Å²) in [6.45, 7) is 9.61. The van der Waals surface area contributed by atoms with Gasteiger partial charge in [0.15, 0.2) is 6.61 Å². The molecule has 2 unspecified atom stereocenters. The van der Waals surface area contributed by atoms with Gasteiger partial charge in [-0.1, -0.05) is 39.0 Å². The molecule has 4 nitrogen and oxygen atoms in total. The maximum absolute atomic E-state index is 12.1. The molecule has 0 saturated carbocycles. The molecule has 1 amide bonds. The number of para-hydroxylation sites is 1. The Morgan fingerprint density at radius 1 is 1.36 bits per heavy atom. The van der Waals surface area contributed by atoms with Crippen LogP contribution in [-0.2, 0) is 10.2 Å². The zero-order valence-corrected chi connectivity index (χ0v) is 14.1. The third-order valence-corrected chi connectivity index (χ3v) is 4.04. The smallest absolute Gasteiger partial charge is 0.258 e. The van der Waals surface area contributed by atoms with Crippen LogP contribution in [0.25, 0.3) is 0 Å². The van der Waals surface area contributed by atoms with Crippen molar-refractivity contribution in [1.29, 1.82) is 0 Å². The summed E-state index contributed by atoms with van der Waals surface area (Å²) in [6, 6.07) is 8.65. The molecule has 1 fully saturated rings. The normalized spacial score (nSPS) is 22.2. The second-order valence-electron chi connectivity index (χ2n) is 7.18. The van der Waals surface area contributed by atoms with E-state index in [1.54, 1.807) is 0 Å².